The molecule has 0 aromatic heterocycles. The molecule has 0 saturated heterocycles. The van der Waals surface area contributed by atoms with Gasteiger partial charge in [0.2, 0.25) is 0 Å². The molecule has 0 aliphatic heterocycles. The Bertz CT molecular complexity index is 513. The minimum Gasteiger partial charge on any atom is -0.493 e. The summed E-state index contributed by atoms with van der Waals surface area (Å²) >= 11 is 0. The van der Waals surface area contributed by atoms with Crippen LogP contribution in [0, 0.1) is 16.0 Å². The van der Waals surface area contributed by atoms with Crippen molar-refractivity contribution in [2.24, 2.45) is 11.7 Å². The van der Waals surface area contributed by atoms with Crippen LogP contribution in [0.5, 0.6) is 11.5 Å². The summed E-state index contributed by atoms with van der Waals surface area (Å²) in [6, 6.07) is 2.71. The summed E-state index contributed by atoms with van der Waals surface area (Å²) in [5.41, 5.74) is 6.86. The Morgan fingerprint density at radius 2 is 1.76 bits per heavy atom. The average molecular weight is 294 g/mol. The molecule has 0 radical (unpaired) electrons. The third-order valence-electron chi connectivity index (χ3n) is 4.25. The highest BCUT2D eigenvalue weighted by atomic mass is 16.6. The first kappa shape index (κ1) is 15.6. The van der Waals surface area contributed by atoms with Gasteiger partial charge in [0.15, 0.2) is 11.5 Å². The number of nitrogens with two attached hydrogens (primary N) is 1. The van der Waals surface area contributed by atoms with Crippen LogP contribution in [-0.2, 0) is 0 Å². The molecule has 6 nitrogen and oxygen atoms in total. The lowest BCUT2D eigenvalue weighted by Crippen LogP contribution is -2.24. The first-order valence-corrected chi connectivity index (χ1v) is 7.24. The first-order chi connectivity index (χ1) is 10.1. The van der Waals surface area contributed by atoms with E-state index < -0.39 is 4.92 Å². The number of ether oxygens (including phenoxy) is 2. The number of nitro benzene ring substituents is 1. The van der Waals surface area contributed by atoms with E-state index in [-0.39, 0.29) is 17.6 Å². The van der Waals surface area contributed by atoms with Crippen LogP contribution >= 0.6 is 0 Å². The Morgan fingerprint density at radius 3 is 2.29 bits per heavy atom. The third-order valence-corrected chi connectivity index (χ3v) is 4.25. The van der Waals surface area contributed by atoms with Gasteiger partial charge in [-0.25, -0.2) is 0 Å². The molecule has 0 unspecified atom stereocenters. The lowest BCUT2D eigenvalue weighted by atomic mass is 9.81. The molecule has 21 heavy (non-hydrogen) atoms. The highest BCUT2D eigenvalue weighted by molar-refractivity contribution is 5.55. The molecule has 0 amide bonds. The molecule has 1 fully saturated rings. The second-order valence-electron chi connectivity index (χ2n) is 5.45. The van der Waals surface area contributed by atoms with Gasteiger partial charge in [0, 0.05) is 6.04 Å². The Morgan fingerprint density at radius 1 is 1.19 bits per heavy atom. The second kappa shape index (κ2) is 6.76. The van der Waals surface area contributed by atoms with Crippen molar-refractivity contribution in [1.29, 1.82) is 0 Å². The van der Waals surface area contributed by atoms with E-state index >= 15 is 0 Å². The van der Waals surface area contributed by atoms with Crippen LogP contribution in [0.4, 0.5) is 5.69 Å². The maximum atomic E-state index is 11.3. The molecule has 1 aliphatic rings. The summed E-state index contributed by atoms with van der Waals surface area (Å²) in [6.07, 6.45) is 5.54. The lowest BCUT2D eigenvalue weighted by Gasteiger charge is -2.27. The summed E-state index contributed by atoms with van der Waals surface area (Å²) in [5.74, 6) is 1.11. The number of rotatable bonds is 5. The number of methoxy groups -OCH3 is 2. The van der Waals surface area contributed by atoms with E-state index in [1.54, 1.807) is 6.07 Å². The minimum atomic E-state index is -0.403. The molecule has 1 aliphatic carbocycles. The number of hydrogen-bond donors (Lipinski definition) is 1. The number of nitro groups is 1. The van der Waals surface area contributed by atoms with Gasteiger partial charge < -0.3 is 15.2 Å². The topological polar surface area (TPSA) is 87.6 Å². The van der Waals surface area contributed by atoms with Crippen molar-refractivity contribution in [3.63, 3.8) is 0 Å². The number of hydrogen-bond acceptors (Lipinski definition) is 5. The Hall–Kier alpha value is -1.82. The van der Waals surface area contributed by atoms with Gasteiger partial charge in [-0.1, -0.05) is 19.3 Å². The molecule has 2 rings (SSSR count). The number of nitrogens with zero attached hydrogens (tertiary/aromatic N) is 1. The van der Waals surface area contributed by atoms with Crippen molar-refractivity contribution in [3.8, 4) is 11.5 Å². The van der Waals surface area contributed by atoms with Crippen LogP contribution in [-0.4, -0.2) is 19.1 Å². The average Bonchev–Trinajstić information content (AvgIpc) is 2.53. The Labute approximate surface area is 124 Å². The molecule has 0 spiro atoms. The lowest BCUT2D eigenvalue weighted by molar-refractivity contribution is -0.385. The van der Waals surface area contributed by atoms with Crippen molar-refractivity contribution >= 4 is 5.69 Å². The molecule has 0 bridgehead atoms. The Kier molecular flexibility index (Phi) is 5.01. The third kappa shape index (κ3) is 3.26. The molecule has 1 aromatic rings. The SMILES string of the molecule is COc1cc([C@H](N)C2CCCCC2)c([N+](=O)[O-])cc1OC. The van der Waals surface area contributed by atoms with Gasteiger partial charge in [0.1, 0.15) is 0 Å². The van der Waals surface area contributed by atoms with Gasteiger partial charge in [-0.2, -0.15) is 0 Å². The fourth-order valence-electron chi connectivity index (χ4n) is 3.06. The second-order valence-corrected chi connectivity index (χ2v) is 5.45. The molecule has 1 atom stereocenters. The van der Waals surface area contributed by atoms with E-state index in [0.29, 0.717) is 17.1 Å². The van der Waals surface area contributed by atoms with Gasteiger partial charge >= 0.3 is 0 Å². The molecule has 1 saturated carbocycles. The van der Waals surface area contributed by atoms with Gasteiger partial charge in [-0.15, -0.1) is 0 Å². The zero-order valence-electron chi connectivity index (χ0n) is 12.5. The van der Waals surface area contributed by atoms with E-state index in [0.717, 1.165) is 25.7 Å². The van der Waals surface area contributed by atoms with Crippen LogP contribution in [0.3, 0.4) is 0 Å². The van der Waals surface area contributed by atoms with Crippen LogP contribution in [0.1, 0.15) is 43.7 Å². The maximum absolute atomic E-state index is 11.3. The van der Waals surface area contributed by atoms with E-state index in [9.17, 15) is 10.1 Å². The Balaban J connectivity index is 2.41. The minimum absolute atomic E-state index is 0.00530. The van der Waals surface area contributed by atoms with Crippen molar-refractivity contribution in [1.82, 2.24) is 0 Å². The predicted molar refractivity (Wildman–Crippen MR) is 79.7 cm³/mol. The van der Waals surface area contributed by atoms with Crippen LogP contribution in [0.2, 0.25) is 0 Å². The number of benzene rings is 1. The van der Waals surface area contributed by atoms with Crippen LogP contribution < -0.4 is 15.2 Å². The molecular weight excluding hydrogens is 272 g/mol. The molecule has 116 valence electrons. The van der Waals surface area contributed by atoms with Crippen molar-refractivity contribution < 1.29 is 14.4 Å². The predicted octanol–water partition coefficient (Wildman–Crippen LogP) is 3.19. The fourth-order valence-corrected chi connectivity index (χ4v) is 3.06. The van der Waals surface area contributed by atoms with E-state index in [2.05, 4.69) is 0 Å². The molecule has 1 aromatic carbocycles. The maximum Gasteiger partial charge on any atom is 0.278 e. The monoisotopic (exact) mass is 294 g/mol. The van der Waals surface area contributed by atoms with Crippen LogP contribution in [0.15, 0.2) is 12.1 Å². The summed E-state index contributed by atoms with van der Waals surface area (Å²) in [6.45, 7) is 0. The van der Waals surface area contributed by atoms with Crippen molar-refractivity contribution in [2.45, 2.75) is 38.1 Å². The molecular formula is C15H22N2O4. The first-order valence-electron chi connectivity index (χ1n) is 7.24. The van der Waals surface area contributed by atoms with Gasteiger partial charge in [0.05, 0.1) is 30.8 Å². The van der Waals surface area contributed by atoms with E-state index in [4.69, 9.17) is 15.2 Å². The molecule has 6 heteroatoms. The zero-order chi connectivity index (χ0) is 15.4. The fraction of sp³-hybridized carbons (Fsp3) is 0.600. The zero-order valence-corrected chi connectivity index (χ0v) is 12.5. The molecule has 2 N–H and O–H groups in total. The molecule has 0 heterocycles. The quantitative estimate of drug-likeness (QED) is 0.665. The summed E-state index contributed by atoms with van der Waals surface area (Å²) in [7, 11) is 2.97. The van der Waals surface area contributed by atoms with Gasteiger partial charge in [0.25, 0.3) is 5.69 Å². The van der Waals surface area contributed by atoms with Crippen molar-refractivity contribution in [3.05, 3.63) is 27.8 Å². The van der Waals surface area contributed by atoms with E-state index in [1.807, 2.05) is 0 Å². The smallest absolute Gasteiger partial charge is 0.278 e. The highest BCUT2D eigenvalue weighted by Crippen LogP contribution is 2.41. The highest BCUT2D eigenvalue weighted by Gasteiger charge is 2.29. The van der Waals surface area contributed by atoms with Gasteiger partial charge in [-0.05, 0) is 24.8 Å². The normalized spacial score (nSPS) is 17.3. The van der Waals surface area contributed by atoms with Crippen molar-refractivity contribution in [2.75, 3.05) is 14.2 Å². The van der Waals surface area contributed by atoms with Gasteiger partial charge in [-0.3, -0.25) is 10.1 Å². The largest absolute Gasteiger partial charge is 0.493 e. The van der Waals surface area contributed by atoms with E-state index in [1.165, 1.54) is 26.7 Å². The standard InChI is InChI=1S/C15H22N2O4/c1-20-13-8-11(12(17(18)19)9-14(13)21-2)15(16)10-6-4-3-5-7-10/h8-10,15H,3-7,16H2,1-2H3/t15-/m1/s1. The summed E-state index contributed by atoms with van der Waals surface area (Å²) in [4.78, 5) is 10.9. The summed E-state index contributed by atoms with van der Waals surface area (Å²) < 4.78 is 10.4. The summed E-state index contributed by atoms with van der Waals surface area (Å²) in [5, 5.41) is 11.3. The van der Waals surface area contributed by atoms with Crippen LogP contribution in [0.25, 0.3) is 0 Å².